The first-order valence-electron chi connectivity index (χ1n) is 8.73. The third-order valence-electron chi connectivity index (χ3n) is 4.07. The number of likely N-dealkylation sites (tertiary alicyclic amines) is 1. The molecule has 0 unspecified atom stereocenters. The molecule has 25 heavy (non-hydrogen) atoms. The Morgan fingerprint density at radius 1 is 1.20 bits per heavy atom. The minimum atomic E-state index is 0.221. The van der Waals surface area contributed by atoms with Crippen LogP contribution in [-0.2, 0) is 4.79 Å². The van der Waals surface area contributed by atoms with E-state index in [1.165, 1.54) is 18.2 Å². The minimum Gasteiger partial charge on any atom is -0.494 e. The molecule has 1 saturated heterocycles. The molecule has 1 amide bonds. The number of hydrogen-bond donors (Lipinski definition) is 0. The van der Waals surface area contributed by atoms with Gasteiger partial charge in [-0.05, 0) is 50.5 Å². The van der Waals surface area contributed by atoms with Crippen LogP contribution in [0.25, 0.3) is 11.5 Å². The van der Waals surface area contributed by atoms with E-state index in [4.69, 9.17) is 9.15 Å². The Bertz CT molecular complexity index is 681. The predicted octanol–water partition coefficient (Wildman–Crippen LogP) is 3.63. The van der Waals surface area contributed by atoms with Gasteiger partial charge >= 0.3 is 0 Å². The van der Waals surface area contributed by atoms with Gasteiger partial charge in [0.05, 0.1) is 6.61 Å². The zero-order valence-electron chi connectivity index (χ0n) is 14.4. The quantitative estimate of drug-likeness (QED) is 0.702. The van der Waals surface area contributed by atoms with E-state index >= 15 is 0 Å². The molecule has 1 fully saturated rings. The fraction of sp³-hybridized carbons (Fsp3) is 0.500. The van der Waals surface area contributed by atoms with Gasteiger partial charge in [-0.25, -0.2) is 0 Å². The smallest absolute Gasteiger partial charge is 0.276 e. The van der Waals surface area contributed by atoms with Crippen molar-refractivity contribution < 1.29 is 13.9 Å². The molecule has 1 aliphatic rings. The molecule has 0 radical (unpaired) electrons. The average molecular weight is 361 g/mol. The van der Waals surface area contributed by atoms with Gasteiger partial charge in [0.1, 0.15) is 5.75 Å². The molecule has 1 aliphatic heterocycles. The number of piperidine rings is 1. The van der Waals surface area contributed by atoms with Crippen molar-refractivity contribution in [3.05, 3.63) is 24.3 Å². The van der Waals surface area contributed by atoms with E-state index < -0.39 is 0 Å². The molecular weight excluding hydrogens is 338 g/mol. The van der Waals surface area contributed by atoms with Gasteiger partial charge < -0.3 is 14.1 Å². The van der Waals surface area contributed by atoms with E-state index in [0.29, 0.717) is 29.9 Å². The topological polar surface area (TPSA) is 68.5 Å². The monoisotopic (exact) mass is 361 g/mol. The minimum absolute atomic E-state index is 0.221. The number of benzene rings is 1. The second-order valence-electron chi connectivity index (χ2n) is 5.87. The fourth-order valence-corrected chi connectivity index (χ4v) is 3.46. The Morgan fingerprint density at radius 3 is 2.68 bits per heavy atom. The van der Waals surface area contributed by atoms with Gasteiger partial charge in [0.15, 0.2) is 0 Å². The lowest BCUT2D eigenvalue weighted by molar-refractivity contribution is -0.131. The molecule has 0 N–H and O–H groups in total. The number of carbonyl (C=O) groups is 1. The number of nitrogens with zero attached hydrogens (tertiary/aromatic N) is 3. The molecule has 134 valence electrons. The number of aromatic nitrogens is 2. The van der Waals surface area contributed by atoms with E-state index in [-0.39, 0.29) is 5.91 Å². The Labute approximate surface area is 151 Å². The van der Waals surface area contributed by atoms with Crippen LogP contribution < -0.4 is 4.74 Å². The van der Waals surface area contributed by atoms with Crippen molar-refractivity contribution in [2.45, 2.75) is 37.8 Å². The van der Waals surface area contributed by atoms with Crippen LogP contribution in [0.1, 0.15) is 32.6 Å². The normalized spacial score (nSPS) is 14.5. The number of carbonyl (C=O) groups excluding carboxylic acids is 1. The lowest BCUT2D eigenvalue weighted by Crippen LogP contribution is -2.35. The van der Waals surface area contributed by atoms with Gasteiger partial charge in [-0.1, -0.05) is 11.8 Å². The van der Waals surface area contributed by atoms with E-state index in [9.17, 15) is 4.79 Å². The molecule has 1 aromatic heterocycles. The lowest BCUT2D eigenvalue weighted by atomic mass is 10.1. The molecule has 7 heteroatoms. The number of thioether (sulfide) groups is 1. The van der Waals surface area contributed by atoms with E-state index in [2.05, 4.69) is 10.2 Å². The fourth-order valence-electron chi connectivity index (χ4n) is 2.77. The second-order valence-corrected chi connectivity index (χ2v) is 6.92. The maximum Gasteiger partial charge on any atom is 0.276 e. The van der Waals surface area contributed by atoms with Crippen molar-refractivity contribution in [2.75, 3.05) is 25.4 Å². The molecule has 0 aliphatic carbocycles. The lowest BCUT2D eigenvalue weighted by Gasteiger charge is -2.26. The van der Waals surface area contributed by atoms with Gasteiger partial charge in [0, 0.05) is 30.8 Å². The number of ether oxygens (including phenoxy) is 1. The first-order chi connectivity index (χ1) is 12.3. The largest absolute Gasteiger partial charge is 0.494 e. The van der Waals surface area contributed by atoms with Crippen molar-refractivity contribution in [2.24, 2.45) is 0 Å². The Hall–Kier alpha value is -2.02. The van der Waals surface area contributed by atoms with Crippen LogP contribution in [0.15, 0.2) is 33.9 Å². The first-order valence-corrected chi connectivity index (χ1v) is 9.72. The SMILES string of the molecule is CCOc1ccc(-c2nnc(SCCC(=O)N3CCCCC3)o2)cc1. The van der Waals surface area contributed by atoms with Gasteiger partial charge in [-0.3, -0.25) is 4.79 Å². The van der Waals surface area contributed by atoms with Gasteiger partial charge in [-0.15, -0.1) is 10.2 Å². The van der Waals surface area contributed by atoms with Gasteiger partial charge in [-0.2, -0.15) is 0 Å². The van der Waals surface area contributed by atoms with Gasteiger partial charge in [0.2, 0.25) is 11.8 Å². The highest BCUT2D eigenvalue weighted by molar-refractivity contribution is 7.99. The highest BCUT2D eigenvalue weighted by Crippen LogP contribution is 2.25. The van der Waals surface area contributed by atoms with Crippen molar-refractivity contribution >= 4 is 17.7 Å². The highest BCUT2D eigenvalue weighted by atomic mass is 32.2. The standard InChI is InChI=1S/C18H23N3O3S/c1-2-23-15-8-6-14(7-9-15)17-19-20-18(24-17)25-13-10-16(22)21-11-4-3-5-12-21/h6-9H,2-5,10-13H2,1H3. The van der Waals surface area contributed by atoms with Crippen LogP contribution in [0.2, 0.25) is 0 Å². The summed E-state index contributed by atoms with van der Waals surface area (Å²) in [5.74, 6) is 2.17. The third-order valence-corrected chi connectivity index (χ3v) is 4.89. The summed E-state index contributed by atoms with van der Waals surface area (Å²) in [7, 11) is 0. The Balaban J connectivity index is 1.48. The van der Waals surface area contributed by atoms with E-state index in [1.54, 1.807) is 0 Å². The Kier molecular flexibility index (Phi) is 6.33. The first kappa shape index (κ1) is 17.8. The summed E-state index contributed by atoms with van der Waals surface area (Å²) >= 11 is 1.43. The summed E-state index contributed by atoms with van der Waals surface area (Å²) < 4.78 is 11.1. The molecule has 0 saturated carbocycles. The summed E-state index contributed by atoms with van der Waals surface area (Å²) in [5, 5.41) is 8.62. The average Bonchev–Trinajstić information content (AvgIpc) is 3.12. The van der Waals surface area contributed by atoms with E-state index in [1.807, 2.05) is 36.1 Å². The van der Waals surface area contributed by atoms with Crippen molar-refractivity contribution in [3.63, 3.8) is 0 Å². The van der Waals surface area contributed by atoms with Crippen LogP contribution in [0.4, 0.5) is 0 Å². The molecular formula is C18H23N3O3S. The zero-order chi connectivity index (χ0) is 17.5. The molecule has 0 atom stereocenters. The number of hydrogen-bond acceptors (Lipinski definition) is 6. The molecule has 6 nitrogen and oxygen atoms in total. The molecule has 2 aromatic rings. The molecule has 3 rings (SSSR count). The van der Waals surface area contributed by atoms with Gasteiger partial charge in [0.25, 0.3) is 5.22 Å². The number of rotatable bonds is 7. The number of amides is 1. The van der Waals surface area contributed by atoms with Crippen molar-refractivity contribution in [1.82, 2.24) is 15.1 Å². The summed E-state index contributed by atoms with van der Waals surface area (Å²) in [6.07, 6.45) is 3.97. The van der Waals surface area contributed by atoms with Crippen molar-refractivity contribution in [1.29, 1.82) is 0 Å². The zero-order valence-corrected chi connectivity index (χ0v) is 15.3. The van der Waals surface area contributed by atoms with Crippen molar-refractivity contribution in [3.8, 4) is 17.2 Å². The maximum absolute atomic E-state index is 12.1. The molecule has 0 bridgehead atoms. The third kappa shape index (κ3) is 4.98. The second kappa shape index (κ2) is 8.89. The van der Waals surface area contributed by atoms with Crippen LogP contribution >= 0.6 is 11.8 Å². The van der Waals surface area contributed by atoms with Crippen LogP contribution in [0, 0.1) is 0 Å². The summed E-state index contributed by atoms with van der Waals surface area (Å²) in [6, 6.07) is 7.56. The summed E-state index contributed by atoms with van der Waals surface area (Å²) in [6.45, 7) is 4.38. The van der Waals surface area contributed by atoms with Crippen LogP contribution in [-0.4, -0.2) is 46.5 Å². The molecule has 0 spiro atoms. The van der Waals surface area contributed by atoms with Crippen LogP contribution in [0.5, 0.6) is 5.75 Å². The Morgan fingerprint density at radius 2 is 1.96 bits per heavy atom. The maximum atomic E-state index is 12.1. The predicted molar refractivity (Wildman–Crippen MR) is 96.7 cm³/mol. The molecule has 1 aromatic carbocycles. The van der Waals surface area contributed by atoms with E-state index in [0.717, 1.165) is 37.2 Å². The molecule has 2 heterocycles. The summed E-state index contributed by atoms with van der Waals surface area (Å²) in [4.78, 5) is 14.1. The summed E-state index contributed by atoms with van der Waals surface area (Å²) in [5.41, 5.74) is 0.854. The highest BCUT2D eigenvalue weighted by Gasteiger charge is 2.16. The van der Waals surface area contributed by atoms with Crippen LogP contribution in [0.3, 0.4) is 0 Å².